The van der Waals surface area contributed by atoms with Crippen LogP contribution in [-0.2, 0) is 14.8 Å². The number of ether oxygens (including phenoxy) is 2. The fraction of sp³-hybridized carbons (Fsp3) is 0.682. The van der Waals surface area contributed by atoms with E-state index in [1.54, 1.807) is 6.07 Å². The topological polar surface area (TPSA) is 88.2 Å². The molecular weight excluding hydrogens is 418 g/mol. The maximum absolute atomic E-state index is 12.6. The lowest BCUT2D eigenvalue weighted by Crippen LogP contribution is -2.50. The lowest BCUT2D eigenvalue weighted by atomic mass is 9.89. The maximum atomic E-state index is 12.6. The number of benzene rings is 1. The van der Waals surface area contributed by atoms with Crippen molar-refractivity contribution in [3.8, 4) is 11.5 Å². The van der Waals surface area contributed by atoms with Crippen LogP contribution in [0, 0.1) is 5.92 Å². The number of carbonyl (C=O) groups excluding carboxylic acids is 1. The van der Waals surface area contributed by atoms with Crippen molar-refractivity contribution in [2.75, 3.05) is 53.5 Å². The van der Waals surface area contributed by atoms with Crippen molar-refractivity contribution in [3.05, 3.63) is 18.2 Å². The zero-order valence-corrected chi connectivity index (χ0v) is 19.5. The van der Waals surface area contributed by atoms with Crippen LogP contribution >= 0.6 is 0 Å². The van der Waals surface area contributed by atoms with Crippen molar-refractivity contribution >= 4 is 15.9 Å². The van der Waals surface area contributed by atoms with Gasteiger partial charge in [-0.3, -0.25) is 9.69 Å². The average molecular weight is 454 g/mol. The van der Waals surface area contributed by atoms with E-state index in [0.29, 0.717) is 24.6 Å². The Kier molecular flexibility index (Phi) is 8.57. The van der Waals surface area contributed by atoms with E-state index >= 15 is 0 Å². The molecule has 1 aromatic carbocycles. The first-order valence-electron chi connectivity index (χ1n) is 11.1. The summed E-state index contributed by atoms with van der Waals surface area (Å²) < 4.78 is 37.9. The molecule has 0 radical (unpaired) electrons. The van der Waals surface area contributed by atoms with Crippen LogP contribution in [0.4, 0.5) is 0 Å². The van der Waals surface area contributed by atoms with E-state index in [0.717, 1.165) is 25.6 Å². The van der Waals surface area contributed by atoms with Crippen LogP contribution < -0.4 is 14.2 Å². The van der Waals surface area contributed by atoms with Crippen LogP contribution in [0.2, 0.25) is 0 Å². The Hall–Kier alpha value is -1.84. The highest BCUT2D eigenvalue weighted by atomic mass is 32.2. The van der Waals surface area contributed by atoms with Crippen LogP contribution in [0.5, 0.6) is 11.5 Å². The molecule has 9 heteroatoms. The number of carbonyl (C=O) groups is 1. The van der Waals surface area contributed by atoms with Gasteiger partial charge in [0.15, 0.2) is 11.5 Å². The van der Waals surface area contributed by atoms with E-state index < -0.39 is 10.0 Å². The van der Waals surface area contributed by atoms with E-state index in [2.05, 4.69) is 9.62 Å². The monoisotopic (exact) mass is 453 g/mol. The van der Waals surface area contributed by atoms with Gasteiger partial charge in [-0.05, 0) is 30.9 Å². The predicted molar refractivity (Wildman–Crippen MR) is 119 cm³/mol. The van der Waals surface area contributed by atoms with Gasteiger partial charge in [0.25, 0.3) is 0 Å². The molecule has 0 bridgehead atoms. The Morgan fingerprint density at radius 3 is 2.35 bits per heavy atom. The molecule has 1 N–H and O–H groups in total. The molecule has 2 fully saturated rings. The van der Waals surface area contributed by atoms with Crippen LogP contribution in [0.1, 0.15) is 38.5 Å². The second kappa shape index (κ2) is 11.2. The Bertz CT molecular complexity index is 832. The Balaban J connectivity index is 1.42. The molecule has 1 aromatic rings. The molecule has 0 unspecified atom stereocenters. The standard InChI is InChI=1S/C22H35N3O5S/c1-29-20-9-8-19(16-21(20)30-2)31(27,28)23-11-10-22(26)25-14-12-24(13-15-25)17-18-6-4-3-5-7-18/h8-9,16,18,23H,3-7,10-15,17H2,1-2H3. The number of sulfonamides is 1. The molecule has 1 saturated heterocycles. The van der Waals surface area contributed by atoms with Gasteiger partial charge in [-0.25, -0.2) is 13.1 Å². The largest absolute Gasteiger partial charge is 0.493 e. The number of methoxy groups -OCH3 is 2. The number of nitrogens with zero attached hydrogens (tertiary/aromatic N) is 2. The van der Waals surface area contributed by atoms with E-state index in [1.165, 1.54) is 58.5 Å². The summed E-state index contributed by atoms with van der Waals surface area (Å²) in [6.07, 6.45) is 6.88. The van der Waals surface area contributed by atoms with Crippen LogP contribution in [0.15, 0.2) is 23.1 Å². The third-order valence-electron chi connectivity index (χ3n) is 6.26. The minimum atomic E-state index is -3.73. The summed E-state index contributed by atoms with van der Waals surface area (Å²) >= 11 is 0. The highest BCUT2D eigenvalue weighted by Gasteiger charge is 2.24. The van der Waals surface area contributed by atoms with Crippen molar-refractivity contribution in [2.24, 2.45) is 5.92 Å². The molecule has 1 amide bonds. The van der Waals surface area contributed by atoms with E-state index in [1.807, 2.05) is 4.90 Å². The number of nitrogens with one attached hydrogen (secondary N) is 1. The molecule has 174 valence electrons. The second-order valence-corrected chi connectivity index (χ2v) is 10.1. The van der Waals surface area contributed by atoms with Gasteiger partial charge in [-0.15, -0.1) is 0 Å². The molecule has 0 atom stereocenters. The van der Waals surface area contributed by atoms with E-state index in [9.17, 15) is 13.2 Å². The summed E-state index contributed by atoms with van der Waals surface area (Å²) in [6, 6.07) is 4.41. The van der Waals surface area contributed by atoms with Gasteiger partial charge in [-0.2, -0.15) is 0 Å². The quantitative estimate of drug-likeness (QED) is 0.616. The molecule has 0 aromatic heterocycles. The first kappa shape index (κ1) is 23.8. The minimum Gasteiger partial charge on any atom is -0.493 e. The molecule has 1 aliphatic heterocycles. The summed E-state index contributed by atoms with van der Waals surface area (Å²) in [4.78, 5) is 16.9. The van der Waals surface area contributed by atoms with Crippen molar-refractivity contribution in [1.82, 2.24) is 14.5 Å². The molecule has 1 heterocycles. The summed E-state index contributed by atoms with van der Waals surface area (Å²) in [7, 11) is -0.789. The fourth-order valence-corrected chi connectivity index (χ4v) is 5.48. The molecule has 0 spiro atoms. The summed E-state index contributed by atoms with van der Waals surface area (Å²) in [5, 5.41) is 0. The average Bonchev–Trinajstić information content (AvgIpc) is 2.79. The normalized spacial score (nSPS) is 18.7. The Morgan fingerprint density at radius 1 is 1.03 bits per heavy atom. The summed E-state index contributed by atoms with van der Waals surface area (Å²) in [5.74, 6) is 1.60. The smallest absolute Gasteiger partial charge is 0.240 e. The molecule has 1 aliphatic carbocycles. The van der Waals surface area contributed by atoms with Gasteiger partial charge in [-0.1, -0.05) is 19.3 Å². The number of rotatable bonds is 9. The summed E-state index contributed by atoms with van der Waals surface area (Å²) in [5.41, 5.74) is 0. The Labute approximate surface area is 185 Å². The van der Waals surface area contributed by atoms with Gasteiger partial charge >= 0.3 is 0 Å². The lowest BCUT2D eigenvalue weighted by Gasteiger charge is -2.37. The molecular formula is C22H35N3O5S. The van der Waals surface area contributed by atoms with E-state index in [-0.39, 0.29) is 23.8 Å². The van der Waals surface area contributed by atoms with Gasteiger partial charge < -0.3 is 14.4 Å². The third kappa shape index (κ3) is 6.57. The van der Waals surface area contributed by atoms with Crippen LogP contribution in [0.25, 0.3) is 0 Å². The highest BCUT2D eigenvalue weighted by Crippen LogP contribution is 2.29. The fourth-order valence-electron chi connectivity index (χ4n) is 4.43. The first-order valence-corrected chi connectivity index (χ1v) is 12.6. The van der Waals surface area contributed by atoms with Crippen LogP contribution in [-0.4, -0.2) is 77.6 Å². The highest BCUT2D eigenvalue weighted by molar-refractivity contribution is 7.89. The zero-order valence-electron chi connectivity index (χ0n) is 18.6. The van der Waals surface area contributed by atoms with Crippen molar-refractivity contribution < 1.29 is 22.7 Å². The molecule has 8 nitrogen and oxygen atoms in total. The number of hydrogen-bond donors (Lipinski definition) is 1. The second-order valence-electron chi connectivity index (χ2n) is 8.35. The minimum absolute atomic E-state index is 0.00710. The summed E-state index contributed by atoms with van der Waals surface area (Å²) in [6.45, 7) is 4.45. The van der Waals surface area contributed by atoms with E-state index in [4.69, 9.17) is 9.47 Å². The third-order valence-corrected chi connectivity index (χ3v) is 7.72. The van der Waals surface area contributed by atoms with Gasteiger partial charge in [0.05, 0.1) is 19.1 Å². The van der Waals surface area contributed by atoms with Gasteiger partial charge in [0.1, 0.15) is 0 Å². The van der Waals surface area contributed by atoms with Crippen molar-refractivity contribution in [3.63, 3.8) is 0 Å². The first-order chi connectivity index (χ1) is 14.9. The maximum Gasteiger partial charge on any atom is 0.240 e. The van der Waals surface area contributed by atoms with Gasteiger partial charge in [0.2, 0.25) is 15.9 Å². The molecule has 31 heavy (non-hydrogen) atoms. The number of hydrogen-bond acceptors (Lipinski definition) is 6. The lowest BCUT2D eigenvalue weighted by molar-refractivity contribution is -0.132. The number of piperazine rings is 1. The molecule has 2 aliphatic rings. The molecule has 1 saturated carbocycles. The van der Waals surface area contributed by atoms with Crippen molar-refractivity contribution in [2.45, 2.75) is 43.4 Å². The number of amides is 1. The van der Waals surface area contributed by atoms with Crippen molar-refractivity contribution in [1.29, 1.82) is 0 Å². The Morgan fingerprint density at radius 2 is 1.71 bits per heavy atom. The SMILES string of the molecule is COc1ccc(S(=O)(=O)NCCC(=O)N2CCN(CC3CCCCC3)CC2)cc1OC. The van der Waals surface area contributed by atoms with Gasteiger partial charge in [0, 0.05) is 51.8 Å². The van der Waals surface area contributed by atoms with Crippen LogP contribution in [0.3, 0.4) is 0 Å². The zero-order chi connectivity index (χ0) is 22.3. The molecule has 3 rings (SSSR count). The predicted octanol–water partition coefficient (Wildman–Crippen LogP) is 2.10.